The molecule has 1 heterocycles. The summed E-state index contributed by atoms with van der Waals surface area (Å²) in [5, 5.41) is 6.47. The van der Waals surface area contributed by atoms with Gasteiger partial charge in [-0.3, -0.25) is 4.79 Å². The van der Waals surface area contributed by atoms with Crippen molar-refractivity contribution < 1.29 is 4.79 Å². The lowest BCUT2D eigenvalue weighted by atomic mass is 9.89. The van der Waals surface area contributed by atoms with E-state index in [1.807, 2.05) is 0 Å². The van der Waals surface area contributed by atoms with E-state index in [4.69, 9.17) is 0 Å². The molecule has 1 aliphatic heterocycles. The number of hydrogen-bond acceptors (Lipinski definition) is 2. The third-order valence-corrected chi connectivity index (χ3v) is 3.85. The Labute approximate surface area is 105 Å². The summed E-state index contributed by atoms with van der Waals surface area (Å²) in [4.78, 5) is 12.0. The van der Waals surface area contributed by atoms with Crippen LogP contribution in [-0.2, 0) is 4.79 Å². The second-order valence-corrected chi connectivity index (χ2v) is 4.52. The molecule has 1 fully saturated rings. The Morgan fingerprint density at radius 1 is 1.31 bits per heavy atom. The molecule has 0 aromatic carbocycles. The van der Waals surface area contributed by atoms with Crippen molar-refractivity contribution in [1.29, 1.82) is 0 Å². The first-order chi connectivity index (χ1) is 7.17. The van der Waals surface area contributed by atoms with Gasteiger partial charge < -0.3 is 10.6 Å². The van der Waals surface area contributed by atoms with Crippen LogP contribution in [-0.4, -0.2) is 24.5 Å². The molecule has 0 aromatic heterocycles. The van der Waals surface area contributed by atoms with E-state index in [0.29, 0.717) is 0 Å². The summed E-state index contributed by atoms with van der Waals surface area (Å²) in [5.74, 6) is 0.430. The summed E-state index contributed by atoms with van der Waals surface area (Å²) in [5.41, 5.74) is 0.0275. The van der Waals surface area contributed by atoms with Crippen LogP contribution in [0.5, 0.6) is 0 Å². The number of rotatable bonds is 5. The van der Waals surface area contributed by atoms with Crippen LogP contribution in [0.4, 0.5) is 0 Å². The number of nitrogens with one attached hydrogen (secondary N) is 2. The van der Waals surface area contributed by atoms with Gasteiger partial charge in [0.05, 0.1) is 5.92 Å². The maximum absolute atomic E-state index is 12.0. The molecule has 96 valence electrons. The second-order valence-electron chi connectivity index (χ2n) is 4.52. The summed E-state index contributed by atoms with van der Waals surface area (Å²) >= 11 is 0. The minimum atomic E-state index is 0. The Morgan fingerprint density at radius 2 is 1.88 bits per heavy atom. The third kappa shape index (κ3) is 3.63. The molecule has 1 aliphatic rings. The molecule has 2 N–H and O–H groups in total. The van der Waals surface area contributed by atoms with Gasteiger partial charge in [-0.25, -0.2) is 0 Å². The zero-order valence-corrected chi connectivity index (χ0v) is 11.5. The van der Waals surface area contributed by atoms with Gasteiger partial charge in [-0.1, -0.05) is 20.8 Å². The fourth-order valence-electron chi connectivity index (χ4n) is 2.26. The Kier molecular flexibility index (Phi) is 7.00. The van der Waals surface area contributed by atoms with Crippen LogP contribution in [0.2, 0.25) is 0 Å². The van der Waals surface area contributed by atoms with Crippen molar-refractivity contribution in [3.8, 4) is 0 Å². The fourth-order valence-corrected chi connectivity index (χ4v) is 2.26. The molecule has 1 saturated heterocycles. The molecule has 1 atom stereocenters. The van der Waals surface area contributed by atoms with E-state index in [-0.39, 0.29) is 29.8 Å². The lowest BCUT2D eigenvalue weighted by Crippen LogP contribution is -2.49. The molecule has 0 spiro atoms. The topological polar surface area (TPSA) is 41.1 Å². The molecule has 0 bridgehead atoms. The first-order valence-corrected chi connectivity index (χ1v) is 6.20. The standard InChI is InChI=1S/C12H24N2O.ClH/c1-4-12(5-2,6-3)14-11(15)10-7-8-13-9-10;/h10,13H,4-9H2,1-3H3,(H,14,15);1H/t10-;/m1./s1. The average molecular weight is 249 g/mol. The SMILES string of the molecule is CCC(CC)(CC)NC(=O)[C@@H]1CCNC1.Cl. The van der Waals surface area contributed by atoms with Crippen LogP contribution in [0, 0.1) is 5.92 Å². The van der Waals surface area contributed by atoms with Crippen molar-refractivity contribution >= 4 is 18.3 Å². The minimum Gasteiger partial charge on any atom is -0.350 e. The van der Waals surface area contributed by atoms with Crippen LogP contribution >= 0.6 is 12.4 Å². The summed E-state index contributed by atoms with van der Waals surface area (Å²) < 4.78 is 0. The molecule has 0 saturated carbocycles. The van der Waals surface area contributed by atoms with Crippen molar-refractivity contribution in [2.75, 3.05) is 13.1 Å². The molecule has 1 amide bonds. The molecule has 0 aromatic rings. The van der Waals surface area contributed by atoms with Crippen LogP contribution in [0.3, 0.4) is 0 Å². The molecule has 0 radical (unpaired) electrons. The summed E-state index contributed by atoms with van der Waals surface area (Å²) in [6.07, 6.45) is 4.04. The zero-order chi connectivity index (χ0) is 11.3. The molecule has 1 rings (SSSR count). The van der Waals surface area contributed by atoms with E-state index in [0.717, 1.165) is 38.8 Å². The van der Waals surface area contributed by atoms with Crippen molar-refractivity contribution in [2.45, 2.75) is 52.0 Å². The van der Waals surface area contributed by atoms with Crippen LogP contribution in [0.25, 0.3) is 0 Å². The molecule has 16 heavy (non-hydrogen) atoms. The van der Waals surface area contributed by atoms with Gasteiger partial charge >= 0.3 is 0 Å². The van der Waals surface area contributed by atoms with Gasteiger partial charge in [0, 0.05) is 12.1 Å². The van der Waals surface area contributed by atoms with Crippen LogP contribution < -0.4 is 10.6 Å². The quantitative estimate of drug-likeness (QED) is 0.783. The van der Waals surface area contributed by atoms with Crippen molar-refractivity contribution in [1.82, 2.24) is 10.6 Å². The number of amides is 1. The molecule has 3 nitrogen and oxygen atoms in total. The maximum atomic E-state index is 12.0. The molecule has 0 aliphatic carbocycles. The first-order valence-electron chi connectivity index (χ1n) is 6.20. The molecular formula is C12H25ClN2O. The van der Waals surface area contributed by atoms with Crippen molar-refractivity contribution in [2.24, 2.45) is 5.92 Å². The second kappa shape index (κ2) is 7.13. The van der Waals surface area contributed by atoms with Gasteiger partial charge in [-0.2, -0.15) is 0 Å². The highest BCUT2D eigenvalue weighted by Gasteiger charge is 2.30. The lowest BCUT2D eigenvalue weighted by Gasteiger charge is -2.32. The van der Waals surface area contributed by atoms with Crippen LogP contribution in [0.15, 0.2) is 0 Å². The van der Waals surface area contributed by atoms with Gasteiger partial charge in [0.2, 0.25) is 5.91 Å². The minimum absolute atomic E-state index is 0. The molecule has 0 unspecified atom stereocenters. The van der Waals surface area contributed by atoms with E-state index in [1.165, 1.54) is 0 Å². The van der Waals surface area contributed by atoms with E-state index < -0.39 is 0 Å². The van der Waals surface area contributed by atoms with E-state index >= 15 is 0 Å². The monoisotopic (exact) mass is 248 g/mol. The van der Waals surface area contributed by atoms with E-state index in [1.54, 1.807) is 0 Å². The largest absolute Gasteiger partial charge is 0.350 e. The molecular weight excluding hydrogens is 224 g/mol. The average Bonchev–Trinajstić information content (AvgIpc) is 2.79. The Balaban J connectivity index is 0.00000225. The number of hydrogen-bond donors (Lipinski definition) is 2. The van der Waals surface area contributed by atoms with Gasteiger partial charge in [0.15, 0.2) is 0 Å². The maximum Gasteiger partial charge on any atom is 0.224 e. The first kappa shape index (κ1) is 15.7. The van der Waals surface area contributed by atoms with E-state index in [9.17, 15) is 4.79 Å². The third-order valence-electron chi connectivity index (χ3n) is 3.85. The van der Waals surface area contributed by atoms with Crippen molar-refractivity contribution in [3.63, 3.8) is 0 Å². The summed E-state index contributed by atoms with van der Waals surface area (Å²) in [7, 11) is 0. The predicted octanol–water partition coefficient (Wildman–Crippen LogP) is 2.10. The zero-order valence-electron chi connectivity index (χ0n) is 10.6. The fraction of sp³-hybridized carbons (Fsp3) is 0.917. The highest BCUT2D eigenvalue weighted by atomic mass is 35.5. The normalized spacial score (nSPS) is 20.3. The number of carbonyl (C=O) groups excluding carboxylic acids is 1. The Bertz CT molecular complexity index is 203. The Morgan fingerprint density at radius 3 is 2.25 bits per heavy atom. The van der Waals surface area contributed by atoms with Crippen LogP contribution in [0.1, 0.15) is 46.5 Å². The van der Waals surface area contributed by atoms with Gasteiger partial charge in [-0.05, 0) is 32.2 Å². The smallest absolute Gasteiger partial charge is 0.224 e. The molecule has 4 heteroatoms. The highest BCUT2D eigenvalue weighted by Crippen LogP contribution is 2.20. The predicted molar refractivity (Wildman–Crippen MR) is 70.0 cm³/mol. The summed E-state index contributed by atoms with van der Waals surface area (Å²) in [6, 6.07) is 0. The number of carbonyl (C=O) groups is 1. The van der Waals surface area contributed by atoms with Crippen molar-refractivity contribution in [3.05, 3.63) is 0 Å². The lowest BCUT2D eigenvalue weighted by molar-refractivity contribution is -0.126. The Hall–Kier alpha value is -0.280. The summed E-state index contributed by atoms with van der Waals surface area (Å²) in [6.45, 7) is 8.29. The van der Waals surface area contributed by atoms with Gasteiger partial charge in [0.1, 0.15) is 0 Å². The van der Waals surface area contributed by atoms with E-state index in [2.05, 4.69) is 31.4 Å². The van der Waals surface area contributed by atoms with Gasteiger partial charge in [-0.15, -0.1) is 12.4 Å². The number of halogens is 1. The van der Waals surface area contributed by atoms with Gasteiger partial charge in [0.25, 0.3) is 0 Å². The highest BCUT2D eigenvalue weighted by molar-refractivity contribution is 5.85.